The summed E-state index contributed by atoms with van der Waals surface area (Å²) in [6, 6.07) is 21.9. The molecule has 1 N–H and O–H groups in total. The second kappa shape index (κ2) is 21.1. The second-order valence-corrected chi connectivity index (χ2v) is 12.6. The van der Waals surface area contributed by atoms with Crippen LogP contribution >= 0.6 is 0 Å². The third-order valence-corrected chi connectivity index (χ3v) is 7.75. The van der Waals surface area contributed by atoms with Crippen LogP contribution in [0.4, 0.5) is 18.0 Å². The van der Waals surface area contributed by atoms with Gasteiger partial charge in [0.05, 0.1) is 30.4 Å². The number of aryl methyl sites for hydroxylation is 1. The number of benzene rings is 3. The van der Waals surface area contributed by atoms with Crippen LogP contribution in [0.15, 0.2) is 91.5 Å². The van der Waals surface area contributed by atoms with E-state index in [1.54, 1.807) is 38.1 Å². The first-order valence-electron chi connectivity index (χ1n) is 15.9. The number of Topliss-reactive ketones (excluding diaryl/α,β-unsaturated/α-hetero) is 1. The molecule has 0 aromatic heterocycles. The fraction of sp³-hybridized carbons (Fsp3) is 0.425. The Kier molecular flexibility index (Phi) is 19.7. The summed E-state index contributed by atoms with van der Waals surface area (Å²) < 4.78 is 52.4. The summed E-state index contributed by atoms with van der Waals surface area (Å²) in [4.78, 5) is 27.5. The number of nitrogens with zero attached hydrogens (tertiary/aromatic N) is 1. The fourth-order valence-corrected chi connectivity index (χ4v) is 5.22. The second-order valence-electron chi connectivity index (χ2n) is 12.6. The van der Waals surface area contributed by atoms with Crippen LogP contribution in [-0.4, -0.2) is 40.6 Å². The summed E-state index contributed by atoms with van der Waals surface area (Å²) in [7, 11) is 0. The van der Waals surface area contributed by atoms with Crippen LogP contribution in [0.25, 0.3) is 0 Å². The number of alkyl halides is 3. The van der Waals surface area contributed by atoms with Crippen LogP contribution in [0.3, 0.4) is 0 Å². The van der Waals surface area contributed by atoms with E-state index in [1.165, 1.54) is 17.7 Å². The number of rotatable bonds is 8. The Bertz CT molecular complexity index is 1470. The number of carbonyl (C=O) groups excluding carboxylic acids is 2. The van der Waals surface area contributed by atoms with Crippen LogP contribution in [0.1, 0.15) is 95.7 Å². The van der Waals surface area contributed by atoms with Crippen LogP contribution in [0.2, 0.25) is 0 Å². The maximum atomic E-state index is 13.7. The monoisotopic (exact) mass is 691 g/mol. The minimum absolute atomic E-state index is 0. The number of amides is 1. The van der Waals surface area contributed by atoms with E-state index in [-0.39, 0.29) is 58.9 Å². The summed E-state index contributed by atoms with van der Waals surface area (Å²) in [6.45, 7) is 15.6. The Balaban J connectivity index is 0.00000245. The Morgan fingerprint density at radius 3 is 2.04 bits per heavy atom. The maximum absolute atomic E-state index is 13.7. The molecule has 0 radical (unpaired) electrons. The molecule has 4 rings (SSSR count). The predicted molar refractivity (Wildman–Crippen MR) is 190 cm³/mol. The van der Waals surface area contributed by atoms with E-state index in [4.69, 9.17) is 9.47 Å². The third kappa shape index (κ3) is 13.4. The quantitative estimate of drug-likeness (QED) is 0.154. The van der Waals surface area contributed by atoms with Gasteiger partial charge in [0.15, 0.2) is 5.78 Å². The molecule has 3 atom stereocenters. The summed E-state index contributed by atoms with van der Waals surface area (Å²) >= 11 is 0. The molecule has 1 fully saturated rings. The number of hydrogen-bond acceptors (Lipinski definition) is 5. The molecule has 0 spiro atoms. The van der Waals surface area contributed by atoms with Gasteiger partial charge in [-0.15, -0.1) is 6.58 Å². The Morgan fingerprint density at radius 1 is 1.02 bits per heavy atom. The van der Waals surface area contributed by atoms with Crippen LogP contribution in [0, 0.1) is 12.8 Å². The number of aliphatic hydroxyl groups is 1. The normalized spacial score (nSPS) is 18.8. The Morgan fingerprint density at radius 2 is 1.54 bits per heavy atom. The van der Waals surface area contributed by atoms with Gasteiger partial charge in [0.1, 0.15) is 12.2 Å². The van der Waals surface area contributed by atoms with Gasteiger partial charge in [0.2, 0.25) is 0 Å². The standard InChI is InChI=1S/C32H34F3NO5.C4H9.C3H6.CH4.Li/c1-22-16-26(18-28(17-22)32(33,34)35)23(2)41-21-30(27-12-8-5-9-13-27)14-15-31(39,24(3)37)20-36(30)29(38)40-19-25-10-6-4-7-11-25;1-4(2)3;1-3-2;;/h4-13,16-18,23,39H,14-15,19-21H2,1-3H3;1-3H3;3H,1H2,2H3;1H4;/q;-1;;;+1/t23-,30-,31?;;;;/m1..../s1. The maximum Gasteiger partial charge on any atom is 1.00 e. The van der Waals surface area contributed by atoms with Crippen LogP contribution < -0.4 is 18.9 Å². The van der Waals surface area contributed by atoms with E-state index in [0.717, 1.165) is 17.7 Å². The SMILES string of the molecule is C.C=CC.CC(=O)C1(O)CC[C@@](CO[C@H](C)c2cc(C)cc(C(F)(F)F)c2)(c2ccccc2)N(C(=O)OCc2ccccc2)C1.C[C-](C)C.[Li+]. The molecule has 1 unspecified atom stereocenters. The molecule has 1 amide bonds. The van der Waals surface area contributed by atoms with Crippen molar-refractivity contribution < 1.29 is 56.2 Å². The molecule has 1 saturated heterocycles. The number of ether oxygens (including phenoxy) is 2. The van der Waals surface area contributed by atoms with E-state index in [1.807, 2.05) is 55.5 Å². The topological polar surface area (TPSA) is 76.1 Å². The van der Waals surface area contributed by atoms with Crippen molar-refractivity contribution in [2.45, 2.75) is 98.8 Å². The number of allylic oxidation sites excluding steroid dienone is 1. The average Bonchev–Trinajstić information content (AvgIpc) is 3.03. The molecule has 3 aromatic rings. The summed E-state index contributed by atoms with van der Waals surface area (Å²) in [5.74, 6) is 0.939. The number of piperidine rings is 1. The number of halogens is 3. The first-order valence-corrected chi connectivity index (χ1v) is 15.9. The number of β-amino-alcohol motifs (C(OH)–C–C–N with tert-alkyl or cyclic N) is 1. The predicted octanol–water partition coefficient (Wildman–Crippen LogP) is 7.19. The van der Waals surface area contributed by atoms with Gasteiger partial charge in [-0.3, -0.25) is 9.69 Å². The summed E-state index contributed by atoms with van der Waals surface area (Å²) in [5.41, 5.74) is -1.48. The molecule has 1 aliphatic rings. The van der Waals surface area contributed by atoms with Gasteiger partial charge in [0.25, 0.3) is 0 Å². The Hall–Kier alpha value is -3.35. The van der Waals surface area contributed by atoms with Crippen molar-refractivity contribution in [2.75, 3.05) is 13.2 Å². The van der Waals surface area contributed by atoms with Crippen molar-refractivity contribution >= 4 is 11.9 Å². The summed E-state index contributed by atoms with van der Waals surface area (Å²) in [5, 5.41) is 11.2. The molecule has 1 heterocycles. The van der Waals surface area contributed by atoms with Gasteiger partial charge in [0, 0.05) is 0 Å². The number of hydrogen-bond donors (Lipinski definition) is 1. The first kappa shape index (κ1) is 46.6. The zero-order valence-corrected chi connectivity index (χ0v) is 30.1. The van der Waals surface area contributed by atoms with Gasteiger partial charge in [-0.05, 0) is 69.4 Å². The van der Waals surface area contributed by atoms with E-state index in [0.29, 0.717) is 16.7 Å². The van der Waals surface area contributed by atoms with E-state index in [9.17, 15) is 27.9 Å². The minimum atomic E-state index is -4.51. The summed E-state index contributed by atoms with van der Waals surface area (Å²) in [6.07, 6.45) is -4.05. The number of ketones is 1. The minimum Gasteiger partial charge on any atom is -0.445 e. The van der Waals surface area contributed by atoms with Gasteiger partial charge < -0.3 is 20.5 Å². The number of carbonyl (C=O) groups is 2. The molecule has 1 aliphatic heterocycles. The molecule has 10 heteroatoms. The number of likely N-dealkylation sites (tertiary alicyclic amines) is 1. The molecule has 3 aromatic carbocycles. The van der Waals surface area contributed by atoms with Gasteiger partial charge >= 0.3 is 31.1 Å². The van der Waals surface area contributed by atoms with Gasteiger partial charge in [-0.1, -0.05) is 85.8 Å². The van der Waals surface area contributed by atoms with Crippen molar-refractivity contribution in [2.24, 2.45) is 0 Å². The molecule has 0 aliphatic carbocycles. The molecule has 50 heavy (non-hydrogen) atoms. The molecular formula is C40H53F3LiNO5. The van der Waals surface area contributed by atoms with E-state index < -0.39 is 40.9 Å². The van der Waals surface area contributed by atoms with Crippen molar-refractivity contribution in [3.63, 3.8) is 0 Å². The van der Waals surface area contributed by atoms with Crippen LogP contribution in [-0.2, 0) is 32.6 Å². The first-order chi connectivity index (χ1) is 22.5. The molecule has 270 valence electrons. The molecular weight excluding hydrogens is 638 g/mol. The van der Waals surface area contributed by atoms with Crippen molar-refractivity contribution in [3.8, 4) is 0 Å². The fourth-order valence-electron chi connectivity index (χ4n) is 5.22. The smallest absolute Gasteiger partial charge is 0.445 e. The third-order valence-electron chi connectivity index (χ3n) is 7.75. The molecule has 0 saturated carbocycles. The average molecular weight is 692 g/mol. The Labute approximate surface area is 309 Å². The van der Waals surface area contributed by atoms with Gasteiger partial charge in [-0.2, -0.15) is 33.9 Å². The molecule has 6 nitrogen and oxygen atoms in total. The van der Waals surface area contributed by atoms with E-state index >= 15 is 0 Å². The molecule has 0 bridgehead atoms. The van der Waals surface area contributed by atoms with E-state index in [2.05, 4.69) is 27.4 Å². The zero-order valence-electron chi connectivity index (χ0n) is 30.1. The van der Waals surface area contributed by atoms with Crippen LogP contribution in [0.5, 0.6) is 0 Å². The van der Waals surface area contributed by atoms with Gasteiger partial charge in [-0.25, -0.2) is 4.79 Å². The zero-order chi connectivity index (χ0) is 36.1. The van der Waals surface area contributed by atoms with Crippen molar-refractivity contribution in [3.05, 3.63) is 125 Å². The largest absolute Gasteiger partial charge is 1.00 e. The van der Waals surface area contributed by atoms with Crippen molar-refractivity contribution in [1.29, 1.82) is 0 Å². The van der Waals surface area contributed by atoms with Crippen molar-refractivity contribution in [1.82, 2.24) is 4.90 Å².